The normalized spacial score (nSPS) is 13.5. The van der Waals surface area contributed by atoms with Crippen LogP contribution in [0.25, 0.3) is 0 Å². The van der Waals surface area contributed by atoms with E-state index in [1.807, 2.05) is 13.1 Å². The molecule has 0 aliphatic heterocycles. The van der Waals surface area contributed by atoms with Crippen molar-refractivity contribution in [3.05, 3.63) is 0 Å². The van der Waals surface area contributed by atoms with E-state index < -0.39 is 26.2 Å². The molecule has 0 radical (unpaired) electrons. The maximum atomic E-state index is 10.8. The molecule has 15 heavy (non-hydrogen) atoms. The lowest BCUT2D eigenvalue weighted by Crippen LogP contribution is -2.30. The molecular formula is C9H18O5Si. The molecule has 0 amide bonds. The Morgan fingerprint density at radius 1 is 1.33 bits per heavy atom. The Morgan fingerprint density at radius 2 is 1.87 bits per heavy atom. The Kier molecular flexibility index (Phi) is 5.52. The SMILES string of the molecule is CO[Si](C)(C)CCC(CC(=O)O)C(=O)O. The lowest BCUT2D eigenvalue weighted by molar-refractivity contribution is -0.148. The minimum atomic E-state index is -1.79. The van der Waals surface area contributed by atoms with Crippen molar-refractivity contribution in [2.24, 2.45) is 5.92 Å². The first kappa shape index (κ1) is 14.1. The topological polar surface area (TPSA) is 83.8 Å². The van der Waals surface area contributed by atoms with Crippen molar-refractivity contribution in [2.45, 2.75) is 32.0 Å². The number of hydrogen-bond acceptors (Lipinski definition) is 3. The molecule has 0 aromatic carbocycles. The number of hydrogen-bond donors (Lipinski definition) is 2. The third-order valence-corrected chi connectivity index (χ3v) is 5.02. The number of rotatable bonds is 7. The summed E-state index contributed by atoms with van der Waals surface area (Å²) in [6.45, 7) is 3.96. The molecule has 88 valence electrons. The second-order valence-corrected chi connectivity index (χ2v) is 8.56. The summed E-state index contributed by atoms with van der Waals surface area (Å²) in [6, 6.07) is 0.660. The van der Waals surface area contributed by atoms with Gasteiger partial charge in [-0.1, -0.05) is 0 Å². The van der Waals surface area contributed by atoms with E-state index in [2.05, 4.69) is 0 Å². The first-order chi connectivity index (χ1) is 6.78. The van der Waals surface area contributed by atoms with Gasteiger partial charge in [-0.05, 0) is 25.6 Å². The summed E-state index contributed by atoms with van der Waals surface area (Å²) in [6.07, 6.45) is 0.0538. The average molecular weight is 234 g/mol. The van der Waals surface area contributed by atoms with E-state index >= 15 is 0 Å². The maximum absolute atomic E-state index is 10.8. The van der Waals surface area contributed by atoms with Crippen LogP contribution in [0.3, 0.4) is 0 Å². The molecule has 0 aromatic rings. The zero-order valence-electron chi connectivity index (χ0n) is 9.32. The smallest absolute Gasteiger partial charge is 0.307 e. The fourth-order valence-corrected chi connectivity index (χ4v) is 2.40. The molecule has 5 nitrogen and oxygen atoms in total. The van der Waals surface area contributed by atoms with Crippen LogP contribution < -0.4 is 0 Å². The Bertz CT molecular complexity index is 239. The molecule has 6 heteroatoms. The van der Waals surface area contributed by atoms with E-state index in [0.29, 0.717) is 12.5 Å². The van der Waals surface area contributed by atoms with Crippen LogP contribution in [-0.2, 0) is 14.0 Å². The van der Waals surface area contributed by atoms with Gasteiger partial charge in [-0.3, -0.25) is 9.59 Å². The van der Waals surface area contributed by atoms with Crippen LogP contribution >= 0.6 is 0 Å². The third kappa shape index (κ3) is 6.24. The fourth-order valence-electron chi connectivity index (χ4n) is 1.15. The first-order valence-electron chi connectivity index (χ1n) is 4.78. The van der Waals surface area contributed by atoms with Crippen LogP contribution in [-0.4, -0.2) is 37.6 Å². The summed E-state index contributed by atoms with van der Waals surface area (Å²) >= 11 is 0. The Hall–Kier alpha value is -0.883. The van der Waals surface area contributed by atoms with Crippen LogP contribution in [0.2, 0.25) is 19.1 Å². The molecule has 0 fully saturated rings. The first-order valence-corrected chi connectivity index (χ1v) is 7.90. The van der Waals surface area contributed by atoms with Crippen molar-refractivity contribution in [2.75, 3.05) is 7.11 Å². The second kappa shape index (κ2) is 5.87. The Labute approximate surface area is 90.2 Å². The number of carboxylic acid groups (broad SMARTS) is 2. The van der Waals surface area contributed by atoms with Crippen molar-refractivity contribution in [3.8, 4) is 0 Å². The Balaban J connectivity index is 4.19. The molecule has 0 saturated carbocycles. The summed E-state index contributed by atoms with van der Waals surface area (Å²) < 4.78 is 5.27. The van der Waals surface area contributed by atoms with Gasteiger partial charge in [0, 0.05) is 7.11 Å². The molecule has 0 spiro atoms. The number of aliphatic carboxylic acids is 2. The molecule has 0 saturated heterocycles. The van der Waals surface area contributed by atoms with E-state index in [-0.39, 0.29) is 6.42 Å². The highest BCUT2D eigenvalue weighted by molar-refractivity contribution is 6.71. The summed E-state index contributed by atoms with van der Waals surface area (Å²) in [5.74, 6) is -2.91. The van der Waals surface area contributed by atoms with Gasteiger partial charge in [0.2, 0.25) is 0 Å². The second-order valence-electron chi connectivity index (χ2n) is 4.14. The van der Waals surface area contributed by atoms with Crippen molar-refractivity contribution in [1.82, 2.24) is 0 Å². The molecule has 0 aliphatic rings. The van der Waals surface area contributed by atoms with Crippen LogP contribution in [0, 0.1) is 5.92 Å². The van der Waals surface area contributed by atoms with Gasteiger partial charge in [-0.15, -0.1) is 0 Å². The van der Waals surface area contributed by atoms with Crippen molar-refractivity contribution >= 4 is 20.3 Å². The highest BCUT2D eigenvalue weighted by atomic mass is 28.4. The zero-order chi connectivity index (χ0) is 12.1. The van der Waals surface area contributed by atoms with Crippen LogP contribution in [0.15, 0.2) is 0 Å². The molecule has 1 atom stereocenters. The van der Waals surface area contributed by atoms with Gasteiger partial charge in [0.05, 0.1) is 12.3 Å². The van der Waals surface area contributed by atoms with Gasteiger partial charge in [-0.25, -0.2) is 0 Å². The minimum absolute atomic E-state index is 0.316. The van der Waals surface area contributed by atoms with Crippen molar-refractivity contribution < 1.29 is 24.2 Å². The monoisotopic (exact) mass is 234 g/mol. The van der Waals surface area contributed by atoms with E-state index in [0.717, 1.165) is 0 Å². The van der Waals surface area contributed by atoms with Crippen molar-refractivity contribution in [1.29, 1.82) is 0 Å². The van der Waals surface area contributed by atoms with Crippen molar-refractivity contribution in [3.63, 3.8) is 0 Å². The van der Waals surface area contributed by atoms with Gasteiger partial charge in [0.25, 0.3) is 0 Å². The molecule has 0 aliphatic carbocycles. The standard InChI is InChI=1S/C9H18O5Si/c1-14-15(2,3)5-4-7(9(12)13)6-8(10)11/h7H,4-6H2,1-3H3,(H,10,11)(H,12,13). The van der Waals surface area contributed by atoms with Gasteiger partial charge < -0.3 is 14.6 Å². The molecular weight excluding hydrogens is 216 g/mol. The summed E-state index contributed by atoms with van der Waals surface area (Å²) in [4.78, 5) is 21.2. The average Bonchev–Trinajstić information content (AvgIpc) is 2.11. The molecule has 2 N–H and O–H groups in total. The molecule has 0 heterocycles. The van der Waals surface area contributed by atoms with E-state index in [1.165, 1.54) is 0 Å². The highest BCUT2D eigenvalue weighted by Gasteiger charge is 2.27. The zero-order valence-corrected chi connectivity index (χ0v) is 10.3. The van der Waals surface area contributed by atoms with Crippen LogP contribution in [0.4, 0.5) is 0 Å². The predicted molar refractivity (Wildman–Crippen MR) is 57.3 cm³/mol. The van der Waals surface area contributed by atoms with Gasteiger partial charge >= 0.3 is 11.9 Å². The number of carboxylic acids is 2. The maximum Gasteiger partial charge on any atom is 0.307 e. The molecule has 1 unspecified atom stereocenters. The summed E-state index contributed by atoms with van der Waals surface area (Å²) in [7, 11) is -0.183. The van der Waals surface area contributed by atoms with E-state index in [1.54, 1.807) is 7.11 Å². The third-order valence-electron chi connectivity index (χ3n) is 2.42. The lowest BCUT2D eigenvalue weighted by atomic mass is 10.0. The largest absolute Gasteiger partial charge is 0.481 e. The molecule has 0 aromatic heterocycles. The lowest BCUT2D eigenvalue weighted by Gasteiger charge is -2.21. The fraction of sp³-hybridized carbons (Fsp3) is 0.778. The van der Waals surface area contributed by atoms with Crippen LogP contribution in [0.1, 0.15) is 12.8 Å². The molecule has 0 rings (SSSR count). The highest BCUT2D eigenvalue weighted by Crippen LogP contribution is 2.19. The van der Waals surface area contributed by atoms with Crippen LogP contribution in [0.5, 0.6) is 0 Å². The van der Waals surface area contributed by atoms with Gasteiger partial charge in [0.1, 0.15) is 0 Å². The van der Waals surface area contributed by atoms with Gasteiger partial charge in [-0.2, -0.15) is 0 Å². The quantitative estimate of drug-likeness (QED) is 0.650. The van der Waals surface area contributed by atoms with Gasteiger partial charge in [0.15, 0.2) is 8.32 Å². The van der Waals surface area contributed by atoms with E-state index in [9.17, 15) is 9.59 Å². The van der Waals surface area contributed by atoms with E-state index in [4.69, 9.17) is 14.6 Å². The summed E-state index contributed by atoms with van der Waals surface area (Å²) in [5.41, 5.74) is 0. The summed E-state index contributed by atoms with van der Waals surface area (Å²) in [5, 5.41) is 17.3. The predicted octanol–water partition coefficient (Wildman–Crippen LogP) is 1.40. The Morgan fingerprint density at radius 3 is 2.20 bits per heavy atom. The molecule has 0 bridgehead atoms. The number of carbonyl (C=O) groups is 2. The minimum Gasteiger partial charge on any atom is -0.481 e.